The lowest BCUT2D eigenvalue weighted by molar-refractivity contribution is 0.102. The predicted octanol–water partition coefficient (Wildman–Crippen LogP) is 3.60. The van der Waals surface area contributed by atoms with Crippen LogP contribution in [0.2, 0.25) is 5.02 Å². The topological polar surface area (TPSA) is 51.2 Å². The van der Waals surface area contributed by atoms with E-state index in [1.54, 1.807) is 30.5 Å². The molecule has 0 aliphatic heterocycles. The Morgan fingerprint density at radius 2 is 2.16 bits per heavy atom. The lowest BCUT2D eigenvalue weighted by Crippen LogP contribution is -2.12. The van der Waals surface area contributed by atoms with Gasteiger partial charge in [0, 0.05) is 15.3 Å². The van der Waals surface area contributed by atoms with Gasteiger partial charge in [0.25, 0.3) is 5.91 Å². The molecule has 0 saturated heterocycles. The molecule has 98 valence electrons. The number of nitrogens with one attached hydrogen (secondary N) is 1. The fraction of sp³-hybridized carbons (Fsp3) is 0.0769. The van der Waals surface area contributed by atoms with E-state index in [0.717, 1.165) is 3.57 Å². The standard InChI is InChI=1S/C13H10ClIN2O2/c1-19-11-4-2-8(6-10(11)14)13(18)17-12-5-3-9(15)7-16-12/h2-7H,1H3,(H,16,17,18). The van der Waals surface area contributed by atoms with Crippen LogP contribution in [0.5, 0.6) is 5.75 Å². The van der Waals surface area contributed by atoms with Crippen LogP contribution in [0.1, 0.15) is 10.4 Å². The number of nitrogens with zero attached hydrogens (tertiary/aromatic N) is 1. The lowest BCUT2D eigenvalue weighted by Gasteiger charge is -2.07. The van der Waals surface area contributed by atoms with Gasteiger partial charge in [0.05, 0.1) is 12.1 Å². The number of methoxy groups -OCH3 is 1. The number of amides is 1. The summed E-state index contributed by atoms with van der Waals surface area (Å²) in [6.07, 6.45) is 1.68. The van der Waals surface area contributed by atoms with Crippen LogP contribution >= 0.6 is 34.2 Å². The number of hydrogen-bond donors (Lipinski definition) is 1. The quantitative estimate of drug-likeness (QED) is 0.818. The Kier molecular flexibility index (Phi) is 4.60. The maximum atomic E-state index is 12.0. The van der Waals surface area contributed by atoms with Gasteiger partial charge in [0.15, 0.2) is 0 Å². The first-order valence-corrected chi connectivity index (χ1v) is 6.82. The van der Waals surface area contributed by atoms with Crippen LogP contribution in [0.25, 0.3) is 0 Å². The highest BCUT2D eigenvalue weighted by molar-refractivity contribution is 14.1. The Balaban J connectivity index is 2.16. The number of pyridine rings is 1. The zero-order valence-corrected chi connectivity index (χ0v) is 12.9. The summed E-state index contributed by atoms with van der Waals surface area (Å²) in [5, 5.41) is 3.09. The number of carbonyl (C=O) groups excluding carboxylic acids is 1. The molecule has 1 N–H and O–H groups in total. The molecule has 0 radical (unpaired) electrons. The molecule has 4 nitrogen and oxygen atoms in total. The summed E-state index contributed by atoms with van der Waals surface area (Å²) in [5.41, 5.74) is 0.450. The minimum atomic E-state index is -0.265. The summed E-state index contributed by atoms with van der Waals surface area (Å²) in [4.78, 5) is 16.1. The van der Waals surface area contributed by atoms with Crippen molar-refractivity contribution in [2.75, 3.05) is 12.4 Å². The van der Waals surface area contributed by atoms with Gasteiger partial charge in [0.2, 0.25) is 0 Å². The molecule has 0 atom stereocenters. The highest BCUT2D eigenvalue weighted by Crippen LogP contribution is 2.25. The van der Waals surface area contributed by atoms with Crippen molar-refractivity contribution in [3.8, 4) is 5.75 Å². The summed E-state index contributed by atoms with van der Waals surface area (Å²) in [6.45, 7) is 0. The monoisotopic (exact) mass is 388 g/mol. The fourth-order valence-electron chi connectivity index (χ4n) is 1.45. The predicted molar refractivity (Wildman–Crippen MR) is 82.9 cm³/mol. The summed E-state index contributed by atoms with van der Waals surface area (Å²) in [5.74, 6) is 0.765. The van der Waals surface area contributed by atoms with Crippen LogP contribution in [0, 0.1) is 3.57 Å². The normalized spacial score (nSPS) is 10.1. The Bertz CT molecular complexity index is 602. The van der Waals surface area contributed by atoms with Gasteiger partial charge >= 0.3 is 0 Å². The summed E-state index contributed by atoms with van der Waals surface area (Å²) in [6, 6.07) is 8.46. The molecular formula is C13H10ClIN2O2. The number of benzene rings is 1. The highest BCUT2D eigenvalue weighted by Gasteiger charge is 2.09. The number of carbonyl (C=O) groups is 1. The van der Waals surface area contributed by atoms with Gasteiger partial charge in [-0.2, -0.15) is 0 Å². The van der Waals surface area contributed by atoms with E-state index in [1.165, 1.54) is 7.11 Å². The average Bonchev–Trinajstić information content (AvgIpc) is 2.41. The summed E-state index contributed by atoms with van der Waals surface area (Å²) in [7, 11) is 1.52. The molecule has 2 aromatic rings. The van der Waals surface area contributed by atoms with Crippen LogP contribution in [0.15, 0.2) is 36.5 Å². The van der Waals surface area contributed by atoms with Gasteiger partial charge in [-0.15, -0.1) is 0 Å². The van der Waals surface area contributed by atoms with Gasteiger partial charge in [-0.05, 0) is 52.9 Å². The molecule has 0 spiro atoms. The second-order valence-corrected chi connectivity index (χ2v) is 5.32. The fourth-order valence-corrected chi connectivity index (χ4v) is 2.02. The minimum absolute atomic E-state index is 0.265. The smallest absolute Gasteiger partial charge is 0.256 e. The Morgan fingerprint density at radius 1 is 1.37 bits per heavy atom. The van der Waals surface area contributed by atoms with Gasteiger partial charge in [-0.1, -0.05) is 11.6 Å². The summed E-state index contributed by atoms with van der Waals surface area (Å²) >= 11 is 8.12. The van der Waals surface area contributed by atoms with Crippen molar-refractivity contribution in [1.29, 1.82) is 0 Å². The van der Waals surface area contributed by atoms with Crippen LogP contribution in [0.4, 0.5) is 5.82 Å². The van der Waals surface area contributed by atoms with E-state index in [2.05, 4.69) is 32.9 Å². The number of halogens is 2. The molecule has 0 saturated carbocycles. The van der Waals surface area contributed by atoms with Gasteiger partial charge in [0.1, 0.15) is 11.6 Å². The van der Waals surface area contributed by atoms with E-state index in [4.69, 9.17) is 16.3 Å². The number of ether oxygens (including phenoxy) is 1. The third-order valence-electron chi connectivity index (χ3n) is 2.38. The van der Waals surface area contributed by atoms with Crippen molar-refractivity contribution in [3.63, 3.8) is 0 Å². The van der Waals surface area contributed by atoms with E-state index < -0.39 is 0 Å². The molecule has 1 heterocycles. The lowest BCUT2D eigenvalue weighted by atomic mass is 10.2. The van der Waals surface area contributed by atoms with E-state index in [1.807, 2.05) is 6.07 Å². The molecule has 1 aromatic heterocycles. The van der Waals surface area contributed by atoms with E-state index >= 15 is 0 Å². The van der Waals surface area contributed by atoms with Crippen LogP contribution in [-0.4, -0.2) is 18.0 Å². The van der Waals surface area contributed by atoms with E-state index in [-0.39, 0.29) is 5.91 Å². The molecule has 1 amide bonds. The zero-order chi connectivity index (χ0) is 13.8. The van der Waals surface area contributed by atoms with E-state index in [9.17, 15) is 4.79 Å². The minimum Gasteiger partial charge on any atom is -0.495 e. The first-order valence-electron chi connectivity index (χ1n) is 5.36. The van der Waals surface area contributed by atoms with Crippen LogP contribution in [0.3, 0.4) is 0 Å². The molecule has 6 heteroatoms. The van der Waals surface area contributed by atoms with Crippen molar-refractivity contribution >= 4 is 45.9 Å². The molecule has 0 aliphatic carbocycles. The number of aromatic nitrogens is 1. The van der Waals surface area contributed by atoms with Crippen molar-refractivity contribution < 1.29 is 9.53 Å². The third-order valence-corrected chi connectivity index (χ3v) is 3.32. The first kappa shape index (κ1) is 14.1. The van der Waals surface area contributed by atoms with Crippen molar-refractivity contribution in [2.24, 2.45) is 0 Å². The molecule has 0 aliphatic rings. The molecule has 0 fully saturated rings. The Morgan fingerprint density at radius 3 is 2.74 bits per heavy atom. The highest BCUT2D eigenvalue weighted by atomic mass is 127. The van der Waals surface area contributed by atoms with Crippen molar-refractivity contribution in [1.82, 2.24) is 4.98 Å². The van der Waals surface area contributed by atoms with Gasteiger partial charge in [-0.25, -0.2) is 4.98 Å². The average molecular weight is 389 g/mol. The second-order valence-electron chi connectivity index (χ2n) is 3.67. The van der Waals surface area contributed by atoms with Gasteiger partial charge < -0.3 is 10.1 Å². The second kappa shape index (κ2) is 6.21. The first-order chi connectivity index (χ1) is 9.10. The Hall–Kier alpha value is -1.34. The van der Waals surface area contributed by atoms with E-state index in [0.29, 0.717) is 22.2 Å². The molecule has 1 aromatic carbocycles. The maximum absolute atomic E-state index is 12.0. The molecular weight excluding hydrogens is 379 g/mol. The van der Waals surface area contributed by atoms with Crippen LogP contribution in [-0.2, 0) is 0 Å². The number of hydrogen-bond acceptors (Lipinski definition) is 3. The number of anilines is 1. The van der Waals surface area contributed by atoms with Crippen LogP contribution < -0.4 is 10.1 Å². The molecule has 0 bridgehead atoms. The Labute approximate surface area is 129 Å². The van der Waals surface area contributed by atoms with Crippen molar-refractivity contribution in [3.05, 3.63) is 50.7 Å². The summed E-state index contributed by atoms with van der Waals surface area (Å²) < 4.78 is 6.04. The van der Waals surface area contributed by atoms with Crippen molar-refractivity contribution in [2.45, 2.75) is 0 Å². The largest absolute Gasteiger partial charge is 0.495 e. The molecule has 2 rings (SSSR count). The number of rotatable bonds is 3. The third kappa shape index (κ3) is 3.57. The maximum Gasteiger partial charge on any atom is 0.256 e. The SMILES string of the molecule is COc1ccc(C(=O)Nc2ccc(I)cn2)cc1Cl. The zero-order valence-electron chi connectivity index (χ0n) is 9.98. The molecule has 0 unspecified atom stereocenters. The molecule has 19 heavy (non-hydrogen) atoms. The van der Waals surface area contributed by atoms with Gasteiger partial charge in [-0.3, -0.25) is 4.79 Å².